The Bertz CT molecular complexity index is 365. The molecule has 0 aliphatic carbocycles. The molecule has 0 radical (unpaired) electrons. The van der Waals surface area contributed by atoms with Crippen molar-refractivity contribution >= 4 is 11.6 Å². The van der Waals surface area contributed by atoms with E-state index in [2.05, 4.69) is 10.6 Å². The monoisotopic (exact) mass is 252 g/mol. The molecule has 1 unspecified atom stereocenters. The number of anilines is 1. The quantitative estimate of drug-likeness (QED) is 0.767. The molecule has 0 spiro atoms. The van der Waals surface area contributed by atoms with Crippen LogP contribution in [-0.4, -0.2) is 39.3 Å². The summed E-state index contributed by atoms with van der Waals surface area (Å²) in [4.78, 5) is 11.6. The molecule has 0 aliphatic heterocycles. The molecule has 1 amide bonds. The number of nitrogens with one attached hydrogen (secondary N) is 2. The molecule has 0 aromatic heterocycles. The lowest BCUT2D eigenvalue weighted by molar-refractivity contribution is -0.115. The van der Waals surface area contributed by atoms with Gasteiger partial charge in [0, 0.05) is 19.3 Å². The summed E-state index contributed by atoms with van der Waals surface area (Å²) in [5.74, 6) is 0.684. The lowest BCUT2D eigenvalue weighted by atomic mass is 10.3. The second-order valence-electron chi connectivity index (χ2n) is 3.95. The summed E-state index contributed by atoms with van der Waals surface area (Å²) in [6, 6.07) is 7.20. The van der Waals surface area contributed by atoms with E-state index < -0.39 is 0 Å². The van der Waals surface area contributed by atoms with Crippen molar-refractivity contribution in [3.63, 3.8) is 0 Å². The number of amides is 1. The second kappa shape index (κ2) is 7.68. The number of ether oxygens (including phenoxy) is 2. The maximum Gasteiger partial charge on any atom is 0.238 e. The zero-order valence-corrected chi connectivity index (χ0v) is 11.0. The molecule has 0 aliphatic rings. The molecule has 0 bridgehead atoms. The smallest absolute Gasteiger partial charge is 0.238 e. The topological polar surface area (TPSA) is 59.6 Å². The first-order valence-corrected chi connectivity index (χ1v) is 5.83. The van der Waals surface area contributed by atoms with Gasteiger partial charge in [0.25, 0.3) is 0 Å². The molecule has 1 aromatic carbocycles. The largest absolute Gasteiger partial charge is 0.497 e. The fourth-order valence-electron chi connectivity index (χ4n) is 1.35. The van der Waals surface area contributed by atoms with Gasteiger partial charge in [-0.15, -0.1) is 0 Å². The third-order valence-corrected chi connectivity index (χ3v) is 2.49. The normalized spacial score (nSPS) is 11.9. The Hall–Kier alpha value is -1.59. The summed E-state index contributed by atoms with van der Waals surface area (Å²) in [6.07, 6.45) is 0.0961. The maximum atomic E-state index is 11.6. The third kappa shape index (κ3) is 5.16. The van der Waals surface area contributed by atoms with E-state index >= 15 is 0 Å². The van der Waals surface area contributed by atoms with E-state index in [1.165, 1.54) is 0 Å². The predicted molar refractivity (Wildman–Crippen MR) is 71.0 cm³/mol. The molecule has 2 N–H and O–H groups in total. The van der Waals surface area contributed by atoms with E-state index in [-0.39, 0.29) is 18.6 Å². The standard InChI is InChI=1S/C13H20N2O3/c1-10(17-2)8-14-9-13(16)15-11-4-6-12(18-3)7-5-11/h4-7,10,14H,8-9H2,1-3H3,(H,15,16). The highest BCUT2D eigenvalue weighted by atomic mass is 16.5. The number of hydrogen-bond donors (Lipinski definition) is 2. The molecule has 100 valence electrons. The summed E-state index contributed by atoms with van der Waals surface area (Å²) in [5.41, 5.74) is 0.752. The van der Waals surface area contributed by atoms with Crippen LogP contribution in [0.1, 0.15) is 6.92 Å². The molecule has 18 heavy (non-hydrogen) atoms. The van der Waals surface area contributed by atoms with Gasteiger partial charge in [-0.25, -0.2) is 0 Å². The van der Waals surface area contributed by atoms with Gasteiger partial charge in [-0.05, 0) is 31.2 Å². The Morgan fingerprint density at radius 2 is 1.94 bits per heavy atom. The van der Waals surface area contributed by atoms with Crippen LogP contribution in [0.5, 0.6) is 5.75 Å². The van der Waals surface area contributed by atoms with E-state index in [1.807, 2.05) is 6.92 Å². The molecular formula is C13H20N2O3. The van der Waals surface area contributed by atoms with Gasteiger partial charge in [0.1, 0.15) is 5.75 Å². The molecule has 0 heterocycles. The fourth-order valence-corrected chi connectivity index (χ4v) is 1.35. The summed E-state index contributed by atoms with van der Waals surface area (Å²) in [5, 5.41) is 5.80. The van der Waals surface area contributed by atoms with Gasteiger partial charge in [0.2, 0.25) is 5.91 Å². The lowest BCUT2D eigenvalue weighted by Crippen LogP contribution is -2.33. The molecule has 5 nitrogen and oxygen atoms in total. The van der Waals surface area contributed by atoms with E-state index in [9.17, 15) is 4.79 Å². The van der Waals surface area contributed by atoms with Crippen molar-refractivity contribution < 1.29 is 14.3 Å². The van der Waals surface area contributed by atoms with Crippen molar-refractivity contribution in [2.75, 3.05) is 32.6 Å². The van der Waals surface area contributed by atoms with Crippen LogP contribution in [-0.2, 0) is 9.53 Å². The van der Waals surface area contributed by atoms with Crippen LogP contribution in [0.3, 0.4) is 0 Å². The van der Waals surface area contributed by atoms with E-state index in [0.717, 1.165) is 11.4 Å². The van der Waals surface area contributed by atoms with Gasteiger partial charge in [-0.1, -0.05) is 0 Å². The Labute approximate surface area is 107 Å². The number of carbonyl (C=O) groups excluding carboxylic acids is 1. The van der Waals surface area contributed by atoms with Crippen LogP contribution < -0.4 is 15.4 Å². The summed E-state index contributed by atoms with van der Waals surface area (Å²) in [6.45, 7) is 2.85. The van der Waals surface area contributed by atoms with Crippen molar-refractivity contribution in [3.8, 4) is 5.75 Å². The predicted octanol–water partition coefficient (Wildman–Crippen LogP) is 1.26. The highest BCUT2D eigenvalue weighted by molar-refractivity contribution is 5.92. The van der Waals surface area contributed by atoms with E-state index in [0.29, 0.717) is 6.54 Å². The molecule has 0 fully saturated rings. The van der Waals surface area contributed by atoms with E-state index in [1.54, 1.807) is 38.5 Å². The van der Waals surface area contributed by atoms with Gasteiger partial charge in [-0.2, -0.15) is 0 Å². The van der Waals surface area contributed by atoms with E-state index in [4.69, 9.17) is 9.47 Å². The van der Waals surface area contributed by atoms with Crippen LogP contribution >= 0.6 is 0 Å². The Kier molecular flexibility index (Phi) is 6.18. The van der Waals surface area contributed by atoms with Crippen LogP contribution in [0.25, 0.3) is 0 Å². The van der Waals surface area contributed by atoms with Crippen LogP contribution in [0.15, 0.2) is 24.3 Å². The minimum Gasteiger partial charge on any atom is -0.497 e. The van der Waals surface area contributed by atoms with Gasteiger partial charge < -0.3 is 20.1 Å². The lowest BCUT2D eigenvalue weighted by Gasteiger charge is -2.11. The summed E-state index contributed by atoms with van der Waals surface area (Å²) >= 11 is 0. The number of hydrogen-bond acceptors (Lipinski definition) is 4. The van der Waals surface area contributed by atoms with Gasteiger partial charge in [0.15, 0.2) is 0 Å². The first kappa shape index (κ1) is 14.5. The minimum absolute atomic E-state index is 0.0801. The minimum atomic E-state index is -0.0801. The maximum absolute atomic E-state index is 11.6. The zero-order chi connectivity index (χ0) is 13.4. The average molecular weight is 252 g/mol. The molecule has 1 aromatic rings. The van der Waals surface area contributed by atoms with Gasteiger partial charge in [0.05, 0.1) is 19.8 Å². The molecular weight excluding hydrogens is 232 g/mol. The average Bonchev–Trinajstić information content (AvgIpc) is 2.39. The first-order chi connectivity index (χ1) is 8.65. The molecule has 1 atom stereocenters. The van der Waals surface area contributed by atoms with Crippen LogP contribution in [0, 0.1) is 0 Å². The summed E-state index contributed by atoms with van der Waals surface area (Å²) < 4.78 is 10.1. The van der Waals surface area contributed by atoms with Gasteiger partial charge in [-0.3, -0.25) is 4.79 Å². The number of methoxy groups -OCH3 is 2. The second-order valence-corrected chi connectivity index (χ2v) is 3.95. The molecule has 1 rings (SSSR count). The van der Waals surface area contributed by atoms with Crippen molar-refractivity contribution in [1.29, 1.82) is 0 Å². The Morgan fingerprint density at radius 1 is 1.28 bits per heavy atom. The van der Waals surface area contributed by atoms with Crippen molar-refractivity contribution in [2.45, 2.75) is 13.0 Å². The van der Waals surface area contributed by atoms with Crippen LogP contribution in [0.2, 0.25) is 0 Å². The molecule has 0 saturated heterocycles. The van der Waals surface area contributed by atoms with Crippen molar-refractivity contribution in [3.05, 3.63) is 24.3 Å². The molecule has 0 saturated carbocycles. The van der Waals surface area contributed by atoms with Crippen molar-refractivity contribution in [2.24, 2.45) is 0 Å². The van der Waals surface area contributed by atoms with Crippen LogP contribution in [0.4, 0.5) is 5.69 Å². The fraction of sp³-hybridized carbons (Fsp3) is 0.462. The third-order valence-electron chi connectivity index (χ3n) is 2.49. The Balaban J connectivity index is 2.30. The SMILES string of the molecule is COc1ccc(NC(=O)CNCC(C)OC)cc1. The number of benzene rings is 1. The number of carbonyl (C=O) groups is 1. The first-order valence-electron chi connectivity index (χ1n) is 5.83. The number of rotatable bonds is 7. The van der Waals surface area contributed by atoms with Gasteiger partial charge >= 0.3 is 0 Å². The summed E-state index contributed by atoms with van der Waals surface area (Å²) in [7, 11) is 3.25. The van der Waals surface area contributed by atoms with Crippen molar-refractivity contribution in [1.82, 2.24) is 5.32 Å². The zero-order valence-electron chi connectivity index (χ0n) is 11.0. The highest BCUT2D eigenvalue weighted by Crippen LogP contribution is 2.14. The molecule has 5 heteroatoms. The Morgan fingerprint density at radius 3 is 2.50 bits per heavy atom. The highest BCUT2D eigenvalue weighted by Gasteiger charge is 2.04.